The molecule has 1 aromatic carbocycles. The number of carboxylic acid groups (broad SMARTS) is 1. The topological polar surface area (TPSA) is 70.1 Å². The number of rotatable bonds is 6. The Morgan fingerprint density at radius 3 is 2.76 bits per heavy atom. The van der Waals surface area contributed by atoms with Gasteiger partial charge < -0.3 is 14.7 Å². The van der Waals surface area contributed by atoms with Crippen LogP contribution in [0, 0.1) is 5.82 Å². The molecule has 0 radical (unpaired) electrons. The Morgan fingerprint density at radius 1 is 1.36 bits per heavy atom. The molecule has 25 heavy (non-hydrogen) atoms. The third-order valence-corrected chi connectivity index (χ3v) is 4.63. The third kappa shape index (κ3) is 5.42. The first kappa shape index (κ1) is 19.2. The third-order valence-electron chi connectivity index (χ3n) is 4.63. The Hall–Kier alpha value is -2.15. The number of aliphatic carboxylic acids is 1. The van der Waals surface area contributed by atoms with Gasteiger partial charge in [-0.25, -0.2) is 4.39 Å². The van der Waals surface area contributed by atoms with Crippen molar-refractivity contribution in [1.82, 2.24) is 9.80 Å². The molecule has 1 aromatic rings. The Bertz CT molecular complexity index is 623. The summed E-state index contributed by atoms with van der Waals surface area (Å²) in [7, 11) is 3.20. The Labute approximate surface area is 147 Å². The van der Waals surface area contributed by atoms with Crippen LogP contribution in [0.2, 0.25) is 0 Å². The van der Waals surface area contributed by atoms with Crippen LogP contribution in [-0.4, -0.2) is 66.6 Å². The Balaban J connectivity index is 1.92. The van der Waals surface area contributed by atoms with Gasteiger partial charge in [-0.05, 0) is 44.0 Å². The molecule has 1 aliphatic rings. The van der Waals surface area contributed by atoms with Crippen molar-refractivity contribution in [3.8, 4) is 5.75 Å². The van der Waals surface area contributed by atoms with E-state index in [0.717, 1.165) is 19.3 Å². The van der Waals surface area contributed by atoms with Gasteiger partial charge in [-0.15, -0.1) is 0 Å². The molecule has 1 atom stereocenters. The van der Waals surface area contributed by atoms with Crippen LogP contribution in [0.5, 0.6) is 5.75 Å². The van der Waals surface area contributed by atoms with E-state index in [0.29, 0.717) is 18.7 Å². The van der Waals surface area contributed by atoms with E-state index in [1.807, 2.05) is 4.90 Å². The number of amides is 1. The predicted octanol–water partition coefficient (Wildman–Crippen LogP) is 1.77. The first-order valence-corrected chi connectivity index (χ1v) is 8.43. The largest absolute Gasteiger partial charge is 0.494 e. The van der Waals surface area contributed by atoms with Gasteiger partial charge in [-0.2, -0.15) is 0 Å². The highest BCUT2D eigenvalue weighted by Gasteiger charge is 2.24. The fourth-order valence-electron chi connectivity index (χ4n) is 3.22. The van der Waals surface area contributed by atoms with E-state index in [-0.39, 0.29) is 30.7 Å². The number of hydrogen-bond acceptors (Lipinski definition) is 4. The fourth-order valence-corrected chi connectivity index (χ4v) is 3.22. The molecule has 7 heteroatoms. The highest BCUT2D eigenvalue weighted by atomic mass is 19.1. The van der Waals surface area contributed by atoms with Crippen molar-refractivity contribution in [2.24, 2.45) is 0 Å². The van der Waals surface area contributed by atoms with Crippen LogP contribution >= 0.6 is 0 Å². The molecule has 0 spiro atoms. The number of likely N-dealkylation sites (tertiary alicyclic amines) is 1. The summed E-state index contributed by atoms with van der Waals surface area (Å²) in [5.41, 5.74) is 0.618. The maximum atomic E-state index is 13.7. The summed E-state index contributed by atoms with van der Waals surface area (Å²) in [6, 6.07) is 4.71. The van der Waals surface area contributed by atoms with Crippen molar-refractivity contribution >= 4 is 11.9 Å². The van der Waals surface area contributed by atoms with Crippen molar-refractivity contribution in [3.63, 3.8) is 0 Å². The number of carbonyl (C=O) groups excluding carboxylic acids is 1. The van der Waals surface area contributed by atoms with Crippen LogP contribution < -0.4 is 4.74 Å². The van der Waals surface area contributed by atoms with Crippen molar-refractivity contribution in [2.45, 2.75) is 31.7 Å². The van der Waals surface area contributed by atoms with Crippen molar-refractivity contribution in [3.05, 3.63) is 29.6 Å². The number of carbonyl (C=O) groups is 2. The van der Waals surface area contributed by atoms with Gasteiger partial charge in [0.1, 0.15) is 0 Å². The van der Waals surface area contributed by atoms with Crippen LogP contribution in [-0.2, 0) is 16.0 Å². The van der Waals surface area contributed by atoms with E-state index in [1.54, 1.807) is 18.0 Å². The van der Waals surface area contributed by atoms with Gasteiger partial charge in [0.15, 0.2) is 11.6 Å². The number of hydrogen-bond donors (Lipinski definition) is 1. The van der Waals surface area contributed by atoms with E-state index >= 15 is 0 Å². The smallest absolute Gasteiger partial charge is 0.317 e. The minimum atomic E-state index is -0.846. The molecule has 1 N–H and O–H groups in total. The highest BCUT2D eigenvalue weighted by Crippen LogP contribution is 2.20. The molecule has 138 valence electrons. The van der Waals surface area contributed by atoms with Crippen LogP contribution in [0.4, 0.5) is 4.39 Å². The predicted molar refractivity (Wildman–Crippen MR) is 91.1 cm³/mol. The second-order valence-electron chi connectivity index (χ2n) is 6.42. The average molecular weight is 352 g/mol. The number of ether oxygens (including phenoxy) is 1. The van der Waals surface area contributed by atoms with E-state index in [1.165, 1.54) is 19.2 Å². The van der Waals surface area contributed by atoms with Crippen LogP contribution in [0.1, 0.15) is 24.8 Å². The molecule has 0 aromatic heterocycles. The summed E-state index contributed by atoms with van der Waals surface area (Å²) in [5.74, 6) is -1.19. The van der Waals surface area contributed by atoms with Crippen molar-refractivity contribution in [1.29, 1.82) is 0 Å². The first-order chi connectivity index (χ1) is 11.9. The molecule has 2 rings (SSSR count). The minimum absolute atomic E-state index is 0.00371. The van der Waals surface area contributed by atoms with Gasteiger partial charge in [0.25, 0.3) is 0 Å². The lowest BCUT2D eigenvalue weighted by Crippen LogP contribution is -2.37. The fraction of sp³-hybridized carbons (Fsp3) is 0.556. The molecular formula is C18H25FN2O4. The average Bonchev–Trinajstić information content (AvgIpc) is 2.80. The van der Waals surface area contributed by atoms with Gasteiger partial charge in [0.2, 0.25) is 5.91 Å². The zero-order chi connectivity index (χ0) is 18.4. The van der Waals surface area contributed by atoms with Gasteiger partial charge in [0.05, 0.1) is 20.1 Å². The lowest BCUT2D eigenvalue weighted by Gasteiger charge is -2.25. The number of halogens is 1. The van der Waals surface area contributed by atoms with Gasteiger partial charge in [0, 0.05) is 19.1 Å². The number of likely N-dealkylation sites (N-methyl/N-ethyl adjacent to an activating group) is 1. The number of carboxylic acids is 1. The lowest BCUT2D eigenvalue weighted by molar-refractivity contribution is -0.138. The molecule has 1 saturated heterocycles. The number of nitrogens with zero attached hydrogens (tertiary/aromatic N) is 2. The molecule has 0 saturated carbocycles. The number of benzene rings is 1. The maximum absolute atomic E-state index is 13.7. The summed E-state index contributed by atoms with van der Waals surface area (Å²) in [4.78, 5) is 27.0. The lowest BCUT2D eigenvalue weighted by atomic mass is 10.1. The van der Waals surface area contributed by atoms with Gasteiger partial charge in [-0.3, -0.25) is 14.5 Å². The SMILES string of the molecule is COc1ccc(CC(=O)N2CCCC(N(C)CC(=O)O)CC2)cc1F. The quantitative estimate of drug-likeness (QED) is 0.845. The van der Waals surface area contributed by atoms with Crippen molar-refractivity contribution in [2.75, 3.05) is 33.8 Å². The molecule has 0 aliphatic carbocycles. The Morgan fingerprint density at radius 2 is 2.12 bits per heavy atom. The maximum Gasteiger partial charge on any atom is 0.317 e. The molecular weight excluding hydrogens is 327 g/mol. The molecule has 1 fully saturated rings. The van der Waals surface area contributed by atoms with Gasteiger partial charge >= 0.3 is 5.97 Å². The van der Waals surface area contributed by atoms with Crippen LogP contribution in [0.3, 0.4) is 0 Å². The summed E-state index contributed by atoms with van der Waals surface area (Å²) in [6.07, 6.45) is 2.59. The second-order valence-corrected chi connectivity index (χ2v) is 6.42. The summed E-state index contributed by atoms with van der Waals surface area (Å²) in [6.45, 7) is 1.24. The molecule has 1 unspecified atom stereocenters. The molecule has 6 nitrogen and oxygen atoms in total. The monoisotopic (exact) mass is 352 g/mol. The highest BCUT2D eigenvalue weighted by molar-refractivity contribution is 5.78. The standard InChI is InChI=1S/C18H25FN2O4/c1-20(12-18(23)24)14-4-3-8-21(9-7-14)17(22)11-13-5-6-16(25-2)15(19)10-13/h5-6,10,14H,3-4,7-9,11-12H2,1-2H3,(H,23,24). The van der Waals surface area contributed by atoms with Gasteiger partial charge in [-0.1, -0.05) is 6.07 Å². The first-order valence-electron chi connectivity index (χ1n) is 8.43. The summed E-state index contributed by atoms with van der Waals surface area (Å²) in [5, 5.41) is 8.90. The zero-order valence-corrected chi connectivity index (χ0v) is 14.7. The zero-order valence-electron chi connectivity index (χ0n) is 14.7. The van der Waals surface area contributed by atoms with E-state index < -0.39 is 11.8 Å². The molecule has 0 bridgehead atoms. The van der Waals surface area contributed by atoms with Crippen LogP contribution in [0.15, 0.2) is 18.2 Å². The van der Waals surface area contributed by atoms with E-state index in [9.17, 15) is 14.0 Å². The normalized spacial score (nSPS) is 18.1. The van der Waals surface area contributed by atoms with Crippen LogP contribution in [0.25, 0.3) is 0 Å². The summed E-state index contributed by atoms with van der Waals surface area (Å²) >= 11 is 0. The summed E-state index contributed by atoms with van der Waals surface area (Å²) < 4.78 is 18.6. The van der Waals surface area contributed by atoms with E-state index in [2.05, 4.69) is 0 Å². The molecule has 1 heterocycles. The molecule has 1 aliphatic heterocycles. The number of methoxy groups -OCH3 is 1. The van der Waals surface area contributed by atoms with Crippen molar-refractivity contribution < 1.29 is 23.8 Å². The molecule has 1 amide bonds. The minimum Gasteiger partial charge on any atom is -0.494 e. The Kier molecular flexibility index (Phi) is 6.75. The van der Waals surface area contributed by atoms with E-state index in [4.69, 9.17) is 9.84 Å². The second kappa shape index (κ2) is 8.80.